The highest BCUT2D eigenvalue weighted by Crippen LogP contribution is 2.22. The Morgan fingerprint density at radius 2 is 1.72 bits per heavy atom. The molecule has 0 radical (unpaired) electrons. The molecule has 8 heteroatoms. The van der Waals surface area contributed by atoms with Gasteiger partial charge < -0.3 is 14.5 Å². The van der Waals surface area contributed by atoms with Gasteiger partial charge in [-0.25, -0.2) is 9.50 Å². The molecule has 0 aliphatic carbocycles. The summed E-state index contributed by atoms with van der Waals surface area (Å²) in [4.78, 5) is 33.9. The lowest BCUT2D eigenvalue weighted by molar-refractivity contribution is 0.0533. The molecule has 0 atom stereocenters. The summed E-state index contributed by atoms with van der Waals surface area (Å²) in [5.74, 6) is 0.416. The first-order valence-corrected chi connectivity index (χ1v) is 9.70. The number of para-hydroxylation sites is 1. The first-order valence-electron chi connectivity index (χ1n) is 9.70. The summed E-state index contributed by atoms with van der Waals surface area (Å²) in [6.07, 6.45) is 3.43. The van der Waals surface area contributed by atoms with Crippen molar-refractivity contribution in [2.75, 3.05) is 32.8 Å². The Bertz CT molecular complexity index is 1050. The number of carbonyl (C=O) groups excluding carboxylic acids is 2. The molecule has 1 saturated heterocycles. The minimum atomic E-state index is -0.0991. The van der Waals surface area contributed by atoms with Crippen molar-refractivity contribution in [1.29, 1.82) is 0 Å². The first-order chi connectivity index (χ1) is 14.1. The monoisotopic (exact) mass is 393 g/mol. The second kappa shape index (κ2) is 7.90. The molecule has 1 aliphatic rings. The van der Waals surface area contributed by atoms with Gasteiger partial charge in [-0.2, -0.15) is 5.10 Å². The van der Waals surface area contributed by atoms with Crippen LogP contribution in [-0.2, 0) is 0 Å². The zero-order chi connectivity index (χ0) is 20.4. The standard InChI is InChI=1S/C21H23N5O3/c1-3-29-17-8-5-4-7-16(17)20(27)24-11-13-25(14-12-24)21(28)18-15(2)23-26-10-6-9-22-19(18)26/h4-10H,3,11-14H2,1-2H3. The molecule has 1 aromatic carbocycles. The maximum absolute atomic E-state index is 13.1. The van der Waals surface area contributed by atoms with Crippen molar-refractivity contribution in [3.05, 3.63) is 59.5 Å². The fourth-order valence-electron chi connectivity index (χ4n) is 3.61. The molecule has 2 aromatic heterocycles. The Balaban J connectivity index is 1.47. The van der Waals surface area contributed by atoms with Crippen molar-refractivity contribution < 1.29 is 14.3 Å². The van der Waals surface area contributed by atoms with E-state index >= 15 is 0 Å². The number of carbonyl (C=O) groups is 2. The van der Waals surface area contributed by atoms with Gasteiger partial charge in [0.1, 0.15) is 11.3 Å². The predicted molar refractivity (Wildman–Crippen MR) is 107 cm³/mol. The smallest absolute Gasteiger partial charge is 0.259 e. The van der Waals surface area contributed by atoms with Crippen LogP contribution in [0.1, 0.15) is 33.3 Å². The number of ether oxygens (including phenoxy) is 1. The Kier molecular flexibility index (Phi) is 5.16. The van der Waals surface area contributed by atoms with Crippen LogP contribution in [0.4, 0.5) is 0 Å². The van der Waals surface area contributed by atoms with E-state index in [4.69, 9.17) is 4.74 Å². The van der Waals surface area contributed by atoms with Gasteiger partial charge >= 0.3 is 0 Å². The third-order valence-electron chi connectivity index (χ3n) is 5.06. The van der Waals surface area contributed by atoms with Crippen molar-refractivity contribution in [3.8, 4) is 5.75 Å². The number of hydrogen-bond acceptors (Lipinski definition) is 5. The summed E-state index contributed by atoms with van der Waals surface area (Å²) >= 11 is 0. The fraction of sp³-hybridized carbons (Fsp3) is 0.333. The zero-order valence-electron chi connectivity index (χ0n) is 16.5. The second-order valence-corrected chi connectivity index (χ2v) is 6.86. The second-order valence-electron chi connectivity index (χ2n) is 6.86. The van der Waals surface area contributed by atoms with Crippen LogP contribution in [0.5, 0.6) is 5.75 Å². The first kappa shape index (κ1) is 18.9. The van der Waals surface area contributed by atoms with E-state index in [-0.39, 0.29) is 11.8 Å². The molecule has 8 nitrogen and oxygen atoms in total. The predicted octanol–water partition coefficient (Wildman–Crippen LogP) is 2.03. The number of aromatic nitrogens is 3. The maximum atomic E-state index is 13.1. The molecule has 150 valence electrons. The average molecular weight is 393 g/mol. The summed E-state index contributed by atoms with van der Waals surface area (Å²) in [6.45, 7) is 6.07. The van der Waals surface area contributed by atoms with Crippen LogP contribution >= 0.6 is 0 Å². The molecular formula is C21H23N5O3. The van der Waals surface area contributed by atoms with Crippen LogP contribution in [0.25, 0.3) is 5.65 Å². The van der Waals surface area contributed by atoms with E-state index in [0.29, 0.717) is 61.0 Å². The van der Waals surface area contributed by atoms with Gasteiger partial charge in [0.25, 0.3) is 11.8 Å². The van der Waals surface area contributed by atoms with Crippen LogP contribution in [0.2, 0.25) is 0 Å². The summed E-state index contributed by atoms with van der Waals surface area (Å²) < 4.78 is 7.20. The lowest BCUT2D eigenvalue weighted by atomic mass is 10.1. The van der Waals surface area contributed by atoms with Crippen molar-refractivity contribution in [3.63, 3.8) is 0 Å². The normalized spacial score (nSPS) is 14.3. The highest BCUT2D eigenvalue weighted by molar-refractivity contribution is 6.01. The van der Waals surface area contributed by atoms with E-state index in [1.165, 1.54) is 0 Å². The van der Waals surface area contributed by atoms with Gasteiger partial charge in [0.15, 0.2) is 5.65 Å². The van der Waals surface area contributed by atoms with E-state index < -0.39 is 0 Å². The largest absolute Gasteiger partial charge is 0.493 e. The fourth-order valence-corrected chi connectivity index (χ4v) is 3.61. The maximum Gasteiger partial charge on any atom is 0.259 e. The minimum Gasteiger partial charge on any atom is -0.493 e. The molecular weight excluding hydrogens is 370 g/mol. The number of hydrogen-bond donors (Lipinski definition) is 0. The van der Waals surface area contributed by atoms with Crippen LogP contribution in [0.15, 0.2) is 42.7 Å². The number of aryl methyl sites for hydroxylation is 1. The minimum absolute atomic E-state index is 0.0741. The Morgan fingerprint density at radius 3 is 2.45 bits per heavy atom. The average Bonchev–Trinajstić information content (AvgIpc) is 3.09. The van der Waals surface area contributed by atoms with Gasteiger partial charge in [-0.1, -0.05) is 12.1 Å². The number of nitrogens with zero attached hydrogens (tertiary/aromatic N) is 5. The molecule has 3 aromatic rings. The van der Waals surface area contributed by atoms with E-state index in [9.17, 15) is 9.59 Å². The van der Waals surface area contributed by atoms with Crippen LogP contribution in [-0.4, -0.2) is 69.0 Å². The topological polar surface area (TPSA) is 80.0 Å². The van der Waals surface area contributed by atoms with Crippen molar-refractivity contribution in [1.82, 2.24) is 24.4 Å². The summed E-state index contributed by atoms with van der Waals surface area (Å²) in [5, 5.41) is 4.37. The Hall–Kier alpha value is -3.42. The molecule has 0 saturated carbocycles. The molecule has 1 fully saturated rings. The third kappa shape index (κ3) is 3.53. The van der Waals surface area contributed by atoms with Gasteiger partial charge in [0.2, 0.25) is 0 Å². The molecule has 0 unspecified atom stereocenters. The highest BCUT2D eigenvalue weighted by Gasteiger charge is 2.29. The zero-order valence-corrected chi connectivity index (χ0v) is 16.5. The molecule has 2 amide bonds. The number of benzene rings is 1. The summed E-state index contributed by atoms with van der Waals surface area (Å²) in [7, 11) is 0. The number of fused-ring (bicyclic) bond motifs is 1. The van der Waals surface area contributed by atoms with Crippen LogP contribution < -0.4 is 4.74 Å². The van der Waals surface area contributed by atoms with Gasteiger partial charge in [-0.3, -0.25) is 9.59 Å². The number of piperazine rings is 1. The van der Waals surface area contributed by atoms with Crippen molar-refractivity contribution in [2.24, 2.45) is 0 Å². The van der Waals surface area contributed by atoms with E-state index in [2.05, 4.69) is 10.1 Å². The lowest BCUT2D eigenvalue weighted by Gasteiger charge is -2.35. The molecule has 29 heavy (non-hydrogen) atoms. The molecule has 1 aliphatic heterocycles. The van der Waals surface area contributed by atoms with Crippen LogP contribution in [0, 0.1) is 6.92 Å². The van der Waals surface area contributed by atoms with Gasteiger partial charge in [-0.15, -0.1) is 0 Å². The van der Waals surface area contributed by atoms with E-state index in [0.717, 1.165) is 0 Å². The molecule has 0 bridgehead atoms. The quantitative estimate of drug-likeness (QED) is 0.678. The van der Waals surface area contributed by atoms with E-state index in [1.54, 1.807) is 44.9 Å². The SMILES string of the molecule is CCOc1ccccc1C(=O)N1CCN(C(=O)c2c(C)nn3cccnc23)CC1. The summed E-state index contributed by atoms with van der Waals surface area (Å²) in [6, 6.07) is 9.04. The molecule has 0 N–H and O–H groups in total. The van der Waals surface area contributed by atoms with Crippen molar-refractivity contribution in [2.45, 2.75) is 13.8 Å². The van der Waals surface area contributed by atoms with Gasteiger partial charge in [0.05, 0.1) is 17.9 Å². The molecule has 0 spiro atoms. The van der Waals surface area contributed by atoms with Crippen molar-refractivity contribution >= 4 is 17.5 Å². The van der Waals surface area contributed by atoms with Gasteiger partial charge in [-0.05, 0) is 32.0 Å². The lowest BCUT2D eigenvalue weighted by Crippen LogP contribution is -2.50. The number of rotatable bonds is 4. The third-order valence-corrected chi connectivity index (χ3v) is 5.06. The van der Waals surface area contributed by atoms with Gasteiger partial charge in [0, 0.05) is 38.6 Å². The highest BCUT2D eigenvalue weighted by atomic mass is 16.5. The summed E-state index contributed by atoms with van der Waals surface area (Å²) in [5.41, 5.74) is 2.28. The Morgan fingerprint density at radius 1 is 1.03 bits per heavy atom. The Labute approximate surface area is 168 Å². The molecule has 3 heterocycles. The number of amides is 2. The van der Waals surface area contributed by atoms with Crippen LogP contribution in [0.3, 0.4) is 0 Å². The van der Waals surface area contributed by atoms with E-state index in [1.807, 2.05) is 26.0 Å². The molecule has 4 rings (SSSR count).